The molecule has 4 aromatic rings. The Hall–Kier alpha value is -3.93. The maximum atomic E-state index is 13.2. The number of carbonyl (C=O) groups excluding carboxylic acids is 1. The number of nitrogens with zero attached hydrogens (tertiary/aromatic N) is 2. The van der Waals surface area contributed by atoms with E-state index in [1.807, 2.05) is 67.6 Å². The molecule has 3 aromatic carbocycles. The van der Waals surface area contributed by atoms with Crippen LogP contribution in [0.3, 0.4) is 0 Å². The fourth-order valence-electron chi connectivity index (χ4n) is 3.68. The van der Waals surface area contributed by atoms with Crippen molar-refractivity contribution >= 4 is 16.8 Å². The molecule has 1 atom stereocenters. The molecule has 0 fully saturated rings. The van der Waals surface area contributed by atoms with Gasteiger partial charge in [-0.3, -0.25) is 18.7 Å². The molecular formula is C25H23N3O3. The van der Waals surface area contributed by atoms with Crippen LogP contribution in [0.4, 0.5) is 0 Å². The molecule has 4 rings (SSSR count). The van der Waals surface area contributed by atoms with Crippen molar-refractivity contribution in [3.8, 4) is 0 Å². The summed E-state index contributed by atoms with van der Waals surface area (Å²) in [6.07, 6.45) is 0. The van der Waals surface area contributed by atoms with Crippen molar-refractivity contribution in [3.63, 3.8) is 0 Å². The number of hydrogen-bond acceptors (Lipinski definition) is 3. The third-order valence-corrected chi connectivity index (χ3v) is 5.29. The summed E-state index contributed by atoms with van der Waals surface area (Å²) in [5.41, 5.74) is 1.39. The van der Waals surface area contributed by atoms with Gasteiger partial charge in [-0.05, 0) is 30.2 Å². The van der Waals surface area contributed by atoms with Crippen molar-refractivity contribution in [2.75, 3.05) is 0 Å². The molecule has 6 heteroatoms. The maximum absolute atomic E-state index is 13.2. The minimum Gasteiger partial charge on any atom is -0.348 e. The van der Waals surface area contributed by atoms with E-state index in [4.69, 9.17) is 0 Å². The highest BCUT2D eigenvalue weighted by Gasteiger charge is 2.17. The predicted molar refractivity (Wildman–Crippen MR) is 121 cm³/mol. The Balaban J connectivity index is 1.70. The minimum atomic E-state index is -0.505. The average molecular weight is 413 g/mol. The molecule has 31 heavy (non-hydrogen) atoms. The largest absolute Gasteiger partial charge is 0.348 e. The highest BCUT2D eigenvalue weighted by Crippen LogP contribution is 2.12. The molecule has 0 aliphatic carbocycles. The van der Waals surface area contributed by atoms with E-state index in [2.05, 4.69) is 5.32 Å². The van der Waals surface area contributed by atoms with Gasteiger partial charge in [-0.2, -0.15) is 0 Å². The van der Waals surface area contributed by atoms with Gasteiger partial charge < -0.3 is 5.32 Å². The van der Waals surface area contributed by atoms with E-state index in [1.54, 1.807) is 24.3 Å². The van der Waals surface area contributed by atoms with Gasteiger partial charge in [0, 0.05) is 0 Å². The van der Waals surface area contributed by atoms with Crippen LogP contribution in [0.25, 0.3) is 10.9 Å². The molecule has 6 nitrogen and oxygen atoms in total. The Kier molecular flexibility index (Phi) is 5.80. The summed E-state index contributed by atoms with van der Waals surface area (Å²) in [6, 6.07) is 25.6. The molecule has 1 amide bonds. The molecule has 0 aliphatic rings. The molecule has 1 heterocycles. The summed E-state index contributed by atoms with van der Waals surface area (Å²) in [4.78, 5) is 39.0. The number of nitrogens with one attached hydrogen (secondary N) is 1. The smallest absolute Gasteiger partial charge is 0.332 e. The summed E-state index contributed by atoms with van der Waals surface area (Å²) >= 11 is 0. The molecule has 156 valence electrons. The fourth-order valence-corrected chi connectivity index (χ4v) is 3.68. The van der Waals surface area contributed by atoms with E-state index in [-0.39, 0.29) is 30.6 Å². The molecule has 0 aliphatic heterocycles. The Morgan fingerprint density at radius 3 is 2.16 bits per heavy atom. The number of para-hydroxylation sites is 1. The third-order valence-electron chi connectivity index (χ3n) is 5.29. The van der Waals surface area contributed by atoms with Crippen LogP contribution in [-0.2, 0) is 17.9 Å². The Morgan fingerprint density at radius 2 is 1.45 bits per heavy atom. The number of benzene rings is 3. The topological polar surface area (TPSA) is 73.1 Å². The number of rotatable bonds is 6. The average Bonchev–Trinajstić information content (AvgIpc) is 2.80. The SMILES string of the molecule is C[C@H](NC(=O)Cn1c(=O)n(Cc2ccccc2)c(=O)c2ccccc21)c1ccccc1. The van der Waals surface area contributed by atoms with Crippen molar-refractivity contribution in [2.45, 2.75) is 26.1 Å². The molecule has 0 radical (unpaired) electrons. The molecular weight excluding hydrogens is 390 g/mol. The minimum absolute atomic E-state index is 0.144. The van der Waals surface area contributed by atoms with E-state index in [1.165, 1.54) is 9.13 Å². The Morgan fingerprint density at radius 1 is 0.839 bits per heavy atom. The second-order valence-electron chi connectivity index (χ2n) is 7.46. The van der Waals surface area contributed by atoms with Gasteiger partial charge in [0.05, 0.1) is 23.5 Å². The quantitative estimate of drug-likeness (QED) is 0.528. The van der Waals surface area contributed by atoms with Gasteiger partial charge in [-0.15, -0.1) is 0 Å². The van der Waals surface area contributed by atoms with Gasteiger partial charge in [0.15, 0.2) is 0 Å². The van der Waals surface area contributed by atoms with Crippen LogP contribution in [0.5, 0.6) is 0 Å². The summed E-state index contributed by atoms with van der Waals surface area (Å²) in [5.74, 6) is -0.298. The highest BCUT2D eigenvalue weighted by molar-refractivity contribution is 5.81. The lowest BCUT2D eigenvalue weighted by Gasteiger charge is -2.17. The first-order valence-corrected chi connectivity index (χ1v) is 10.1. The van der Waals surface area contributed by atoms with Gasteiger partial charge in [-0.1, -0.05) is 72.8 Å². The highest BCUT2D eigenvalue weighted by atomic mass is 16.2. The van der Waals surface area contributed by atoms with E-state index < -0.39 is 5.69 Å². The van der Waals surface area contributed by atoms with Gasteiger partial charge >= 0.3 is 5.69 Å². The van der Waals surface area contributed by atoms with Crippen LogP contribution >= 0.6 is 0 Å². The molecule has 0 unspecified atom stereocenters. The van der Waals surface area contributed by atoms with Crippen LogP contribution < -0.4 is 16.6 Å². The van der Waals surface area contributed by atoms with Crippen LogP contribution in [-0.4, -0.2) is 15.0 Å². The van der Waals surface area contributed by atoms with Crippen molar-refractivity contribution in [2.24, 2.45) is 0 Å². The van der Waals surface area contributed by atoms with Gasteiger partial charge in [-0.25, -0.2) is 4.79 Å². The standard InChI is InChI=1S/C25H23N3O3/c1-18(20-12-6-3-7-13-20)26-23(29)17-27-22-15-9-8-14-21(22)24(30)28(25(27)31)16-19-10-4-2-5-11-19/h2-15,18H,16-17H2,1H3,(H,26,29)/t18-/m0/s1. The summed E-state index contributed by atoms with van der Waals surface area (Å²) in [7, 11) is 0. The molecule has 1 N–H and O–H groups in total. The van der Waals surface area contributed by atoms with E-state index in [0.717, 1.165) is 11.1 Å². The van der Waals surface area contributed by atoms with Crippen molar-refractivity contribution < 1.29 is 4.79 Å². The lowest BCUT2D eigenvalue weighted by molar-refractivity contribution is -0.122. The Bertz CT molecular complexity index is 1330. The number of aromatic nitrogens is 2. The molecule has 1 aromatic heterocycles. The maximum Gasteiger partial charge on any atom is 0.332 e. The summed E-state index contributed by atoms with van der Waals surface area (Å²) in [6.45, 7) is 1.86. The lowest BCUT2D eigenvalue weighted by Crippen LogP contribution is -2.43. The fraction of sp³-hybridized carbons (Fsp3) is 0.160. The van der Waals surface area contributed by atoms with E-state index in [9.17, 15) is 14.4 Å². The number of fused-ring (bicyclic) bond motifs is 1. The summed E-state index contributed by atoms with van der Waals surface area (Å²) in [5, 5.41) is 3.34. The first-order chi connectivity index (χ1) is 15.0. The monoisotopic (exact) mass is 413 g/mol. The Labute approximate surface area is 179 Å². The second kappa shape index (κ2) is 8.83. The molecule has 0 saturated carbocycles. The van der Waals surface area contributed by atoms with Crippen LogP contribution in [0.15, 0.2) is 94.5 Å². The third kappa shape index (κ3) is 4.33. The lowest BCUT2D eigenvalue weighted by atomic mass is 10.1. The summed E-state index contributed by atoms with van der Waals surface area (Å²) < 4.78 is 2.55. The second-order valence-corrected chi connectivity index (χ2v) is 7.46. The first kappa shape index (κ1) is 20.3. The van der Waals surface area contributed by atoms with Crippen molar-refractivity contribution in [3.05, 3.63) is 117 Å². The number of amides is 1. The van der Waals surface area contributed by atoms with Gasteiger partial charge in [0.1, 0.15) is 6.54 Å². The van der Waals surface area contributed by atoms with Crippen LogP contribution in [0, 0.1) is 0 Å². The van der Waals surface area contributed by atoms with Gasteiger partial charge in [0.25, 0.3) is 5.56 Å². The van der Waals surface area contributed by atoms with Gasteiger partial charge in [0.2, 0.25) is 5.91 Å². The van der Waals surface area contributed by atoms with Crippen molar-refractivity contribution in [1.82, 2.24) is 14.5 Å². The number of carbonyl (C=O) groups is 1. The van der Waals surface area contributed by atoms with Crippen LogP contribution in [0.2, 0.25) is 0 Å². The number of hydrogen-bond donors (Lipinski definition) is 1. The van der Waals surface area contributed by atoms with Crippen molar-refractivity contribution in [1.29, 1.82) is 0 Å². The van der Waals surface area contributed by atoms with E-state index in [0.29, 0.717) is 10.9 Å². The first-order valence-electron chi connectivity index (χ1n) is 10.1. The predicted octanol–water partition coefficient (Wildman–Crippen LogP) is 3.09. The zero-order valence-electron chi connectivity index (χ0n) is 17.2. The molecule has 0 saturated heterocycles. The van der Waals surface area contributed by atoms with Crippen LogP contribution in [0.1, 0.15) is 24.1 Å². The zero-order valence-corrected chi connectivity index (χ0v) is 17.2. The normalized spacial score (nSPS) is 11.9. The van der Waals surface area contributed by atoms with E-state index >= 15 is 0 Å². The molecule has 0 spiro atoms. The molecule has 0 bridgehead atoms. The zero-order chi connectivity index (χ0) is 21.8.